The Kier molecular flexibility index (Phi) is 8.39. The lowest BCUT2D eigenvalue weighted by molar-refractivity contribution is -0.149. The molecule has 0 saturated carbocycles. The summed E-state index contributed by atoms with van der Waals surface area (Å²) in [5.41, 5.74) is -1.59. The minimum atomic E-state index is -1.37. The summed E-state index contributed by atoms with van der Waals surface area (Å²) in [6, 6.07) is 1.12. The van der Waals surface area contributed by atoms with Gasteiger partial charge in [0.2, 0.25) is 0 Å². The van der Waals surface area contributed by atoms with Gasteiger partial charge in [-0.2, -0.15) is 4.98 Å². The Balaban J connectivity index is 1.53. The van der Waals surface area contributed by atoms with Crippen LogP contribution < -0.4 is 16.3 Å². The van der Waals surface area contributed by atoms with Gasteiger partial charge in [0.15, 0.2) is 5.60 Å². The molecule has 1 aliphatic carbocycles. The van der Waals surface area contributed by atoms with E-state index in [1.165, 1.54) is 23.3 Å². The number of nitrogens with zero attached hydrogens (tertiary/aromatic N) is 4. The van der Waals surface area contributed by atoms with Crippen molar-refractivity contribution in [3.63, 3.8) is 0 Å². The van der Waals surface area contributed by atoms with Crippen LogP contribution in [0.3, 0.4) is 0 Å². The van der Waals surface area contributed by atoms with E-state index in [-0.39, 0.29) is 43.8 Å². The molecule has 1 saturated heterocycles. The maximum atomic E-state index is 13.0. The smallest absolute Gasteiger partial charge is 0.408 e. The third-order valence-electron chi connectivity index (χ3n) is 6.16. The zero-order valence-corrected chi connectivity index (χ0v) is 22.1. The molecule has 1 unspecified atom stereocenters. The summed E-state index contributed by atoms with van der Waals surface area (Å²) in [7, 11) is 0. The molecule has 4 amide bonds. The van der Waals surface area contributed by atoms with Crippen LogP contribution in [-0.4, -0.2) is 81.0 Å². The molecule has 1 atom stereocenters. The van der Waals surface area contributed by atoms with Crippen molar-refractivity contribution in [1.82, 2.24) is 24.7 Å². The quantitative estimate of drug-likeness (QED) is 0.570. The van der Waals surface area contributed by atoms with E-state index in [9.17, 15) is 24.0 Å². The molecule has 1 fully saturated rings. The predicted octanol–water partition coefficient (Wildman–Crippen LogP) is 2.06. The number of ether oxygens (including phenoxy) is 1. The van der Waals surface area contributed by atoms with Crippen molar-refractivity contribution in [2.45, 2.75) is 65.0 Å². The van der Waals surface area contributed by atoms with Crippen LogP contribution in [0.25, 0.3) is 5.70 Å². The van der Waals surface area contributed by atoms with E-state index in [1.807, 2.05) is 26.8 Å². The molecule has 3 rings (SSSR count). The molecule has 1 aromatic rings. The molecule has 2 aliphatic rings. The molecule has 0 radical (unpaired) electrons. The van der Waals surface area contributed by atoms with E-state index in [0.717, 1.165) is 12.0 Å². The Morgan fingerprint density at radius 1 is 1.08 bits per heavy atom. The standard InChI is InChI=1S/C25H36N6O6/c1-24(2,3)28-23(36)37-25(4,5)20(33)29-12-14-30(15-13-29)21(34)26-19-10-11-31(22(35)27-19)18-8-6-17(16-32)7-9-18/h8,10-11,16-17H,6-7,9,12-15H2,1-5H3,(H,28,36)(H,26,27,34,35). The number of piperazine rings is 1. The van der Waals surface area contributed by atoms with Crippen LogP contribution in [0.15, 0.2) is 23.1 Å². The molecule has 202 valence electrons. The van der Waals surface area contributed by atoms with E-state index in [0.29, 0.717) is 19.3 Å². The highest BCUT2D eigenvalue weighted by Gasteiger charge is 2.38. The number of rotatable bonds is 5. The topological polar surface area (TPSA) is 143 Å². The number of carbonyl (C=O) groups is 4. The molecular formula is C25H36N6O6. The second kappa shape index (κ2) is 11.1. The molecule has 0 bridgehead atoms. The summed E-state index contributed by atoms with van der Waals surface area (Å²) in [4.78, 5) is 68.3. The Labute approximate surface area is 216 Å². The molecular weight excluding hydrogens is 480 g/mol. The van der Waals surface area contributed by atoms with E-state index in [4.69, 9.17) is 4.74 Å². The zero-order chi connectivity index (χ0) is 27.4. The number of aldehydes is 1. The van der Waals surface area contributed by atoms with Crippen molar-refractivity contribution in [3.05, 3.63) is 28.8 Å². The average Bonchev–Trinajstić information content (AvgIpc) is 2.82. The van der Waals surface area contributed by atoms with Crippen LogP contribution in [0.2, 0.25) is 0 Å². The number of allylic oxidation sites excluding steroid dienone is 2. The van der Waals surface area contributed by atoms with Crippen LogP contribution in [0, 0.1) is 5.92 Å². The summed E-state index contributed by atoms with van der Waals surface area (Å²) in [5.74, 6) is -0.238. The lowest BCUT2D eigenvalue weighted by atomic mass is 9.94. The second-order valence-electron chi connectivity index (χ2n) is 10.8. The summed E-state index contributed by atoms with van der Waals surface area (Å²) in [6.45, 7) is 9.58. The van der Waals surface area contributed by atoms with Crippen LogP contribution >= 0.6 is 0 Å². The van der Waals surface area contributed by atoms with E-state index >= 15 is 0 Å². The maximum absolute atomic E-state index is 13.0. The molecule has 1 aromatic heterocycles. The predicted molar refractivity (Wildman–Crippen MR) is 137 cm³/mol. The fourth-order valence-corrected chi connectivity index (χ4v) is 4.16. The van der Waals surface area contributed by atoms with Gasteiger partial charge in [-0.15, -0.1) is 0 Å². The maximum Gasteiger partial charge on any atom is 0.408 e. The normalized spacial score (nSPS) is 18.5. The van der Waals surface area contributed by atoms with Gasteiger partial charge >= 0.3 is 17.8 Å². The number of hydrogen-bond acceptors (Lipinski definition) is 7. The number of nitrogens with one attached hydrogen (secondary N) is 2. The lowest BCUT2D eigenvalue weighted by Gasteiger charge is -2.38. The van der Waals surface area contributed by atoms with Crippen molar-refractivity contribution in [2.75, 3.05) is 31.5 Å². The monoisotopic (exact) mass is 516 g/mol. The molecule has 2 heterocycles. The molecule has 0 spiro atoms. The molecule has 2 N–H and O–H groups in total. The SMILES string of the molecule is CC(C)(C)NC(=O)OC(C)(C)C(=O)N1CCN(C(=O)Nc2ccn(C3=CCC(C=O)CC3)c(=O)n2)CC1. The molecule has 0 aromatic carbocycles. The minimum Gasteiger partial charge on any atom is -0.433 e. The second-order valence-corrected chi connectivity index (χ2v) is 10.8. The van der Waals surface area contributed by atoms with Crippen LogP contribution in [0.1, 0.15) is 53.9 Å². The van der Waals surface area contributed by atoms with Crippen molar-refractivity contribution < 1.29 is 23.9 Å². The lowest BCUT2D eigenvalue weighted by Crippen LogP contribution is -2.57. The molecule has 12 nitrogen and oxygen atoms in total. The fraction of sp³-hybridized carbons (Fsp3) is 0.600. The van der Waals surface area contributed by atoms with Gasteiger partial charge in [0.05, 0.1) is 0 Å². The summed E-state index contributed by atoms with van der Waals surface area (Å²) >= 11 is 0. The molecule has 12 heteroatoms. The third-order valence-corrected chi connectivity index (χ3v) is 6.16. The highest BCUT2D eigenvalue weighted by atomic mass is 16.6. The number of urea groups is 1. The number of hydrogen-bond donors (Lipinski definition) is 2. The summed E-state index contributed by atoms with van der Waals surface area (Å²) in [5, 5.41) is 5.31. The van der Waals surface area contributed by atoms with Crippen molar-refractivity contribution in [1.29, 1.82) is 0 Å². The van der Waals surface area contributed by atoms with E-state index < -0.39 is 29.0 Å². The highest BCUT2D eigenvalue weighted by Crippen LogP contribution is 2.24. The van der Waals surface area contributed by atoms with Gasteiger partial charge in [-0.25, -0.2) is 14.4 Å². The van der Waals surface area contributed by atoms with Crippen molar-refractivity contribution in [3.8, 4) is 0 Å². The van der Waals surface area contributed by atoms with Crippen LogP contribution in [0.4, 0.5) is 15.4 Å². The summed E-state index contributed by atoms with van der Waals surface area (Å²) < 4.78 is 6.79. The first kappa shape index (κ1) is 27.9. The van der Waals surface area contributed by atoms with Gasteiger partial charge in [-0.05, 0) is 59.9 Å². The van der Waals surface area contributed by atoms with Gasteiger partial charge < -0.3 is 24.6 Å². The average molecular weight is 517 g/mol. The van der Waals surface area contributed by atoms with Crippen molar-refractivity contribution in [2.24, 2.45) is 5.92 Å². The largest absolute Gasteiger partial charge is 0.433 e. The number of alkyl carbamates (subject to hydrolysis) is 1. The Morgan fingerprint density at radius 2 is 1.73 bits per heavy atom. The van der Waals surface area contributed by atoms with Gasteiger partial charge in [0.1, 0.15) is 12.1 Å². The number of aromatic nitrogens is 2. The highest BCUT2D eigenvalue weighted by molar-refractivity contribution is 5.89. The minimum absolute atomic E-state index is 0.0201. The van der Waals surface area contributed by atoms with Gasteiger partial charge in [-0.1, -0.05) is 6.08 Å². The third kappa shape index (κ3) is 7.40. The first-order valence-corrected chi connectivity index (χ1v) is 12.4. The van der Waals surface area contributed by atoms with Crippen LogP contribution in [0.5, 0.6) is 0 Å². The zero-order valence-electron chi connectivity index (χ0n) is 22.1. The first-order valence-electron chi connectivity index (χ1n) is 12.4. The van der Waals surface area contributed by atoms with Crippen molar-refractivity contribution >= 4 is 35.8 Å². The fourth-order valence-electron chi connectivity index (χ4n) is 4.16. The Hall–Kier alpha value is -3.70. The van der Waals surface area contributed by atoms with Gasteiger partial charge in [-0.3, -0.25) is 14.7 Å². The molecule has 1 aliphatic heterocycles. The first-order chi connectivity index (χ1) is 17.3. The van der Waals surface area contributed by atoms with E-state index in [1.54, 1.807) is 17.2 Å². The van der Waals surface area contributed by atoms with Crippen LogP contribution in [-0.2, 0) is 14.3 Å². The number of amides is 4. The Morgan fingerprint density at radius 3 is 2.27 bits per heavy atom. The van der Waals surface area contributed by atoms with E-state index in [2.05, 4.69) is 15.6 Å². The number of anilines is 1. The Bertz CT molecular complexity index is 1130. The number of carbonyl (C=O) groups excluding carboxylic acids is 4. The van der Waals surface area contributed by atoms with Gasteiger partial charge in [0, 0.05) is 49.5 Å². The molecule has 37 heavy (non-hydrogen) atoms. The summed E-state index contributed by atoms with van der Waals surface area (Å²) in [6.07, 6.45) is 5.56. The van der Waals surface area contributed by atoms with Gasteiger partial charge in [0.25, 0.3) is 5.91 Å².